The Morgan fingerprint density at radius 2 is 1.69 bits per heavy atom. The molecule has 12 heteroatoms. The van der Waals surface area contributed by atoms with Crippen molar-refractivity contribution in [3.63, 3.8) is 0 Å². The molecule has 3 rings (SSSR count). The highest BCUT2D eigenvalue weighted by molar-refractivity contribution is 6.33. The highest BCUT2D eigenvalue weighted by Gasteiger charge is 2.31. The third-order valence-corrected chi connectivity index (χ3v) is 4.66. The normalized spacial score (nSPS) is 11.5. The maximum absolute atomic E-state index is 13.7. The molecule has 0 aliphatic heterocycles. The van der Waals surface area contributed by atoms with E-state index in [9.17, 15) is 27.2 Å². The Hall–Kier alpha value is -4.12. The fourth-order valence-corrected chi connectivity index (χ4v) is 3.02. The van der Waals surface area contributed by atoms with Crippen molar-refractivity contribution in [2.24, 2.45) is 5.10 Å². The number of hydrogen-bond donors (Lipinski definition) is 3. The lowest BCUT2D eigenvalue weighted by Gasteiger charge is -2.11. The molecule has 0 aromatic heterocycles. The van der Waals surface area contributed by atoms with Crippen molar-refractivity contribution in [2.75, 3.05) is 11.9 Å². The minimum absolute atomic E-state index is 0.119. The lowest BCUT2D eigenvalue weighted by molar-refractivity contribution is -0.274. The van der Waals surface area contributed by atoms with E-state index in [1.807, 2.05) is 0 Å². The molecule has 0 saturated heterocycles. The number of hydrazone groups is 1. The second-order valence-corrected chi connectivity index (χ2v) is 7.28. The number of urea groups is 1. The molecule has 0 saturated carbocycles. The van der Waals surface area contributed by atoms with E-state index in [1.165, 1.54) is 42.5 Å². The average molecular weight is 509 g/mol. The summed E-state index contributed by atoms with van der Waals surface area (Å²) in [6.45, 7) is -0.183. The van der Waals surface area contributed by atoms with Gasteiger partial charge in [-0.05, 0) is 48.5 Å². The molecule has 3 amide bonds. The van der Waals surface area contributed by atoms with Crippen molar-refractivity contribution in [3.05, 3.63) is 94.8 Å². The SMILES string of the molecule is O=C(N/N=C(/CNC(=O)c1ccccc1Cl)c1cccc(F)c1)Nc1ccc(OC(F)(F)F)cc1. The maximum atomic E-state index is 13.7. The first kappa shape index (κ1) is 25.5. The molecule has 3 aromatic carbocycles. The second kappa shape index (κ2) is 11.3. The van der Waals surface area contributed by atoms with Crippen molar-refractivity contribution < 1.29 is 31.9 Å². The standard InChI is InChI=1S/C23H17ClF4N4O3/c24-19-7-2-1-6-18(19)21(33)29-13-20(14-4-3-5-15(25)12-14)31-32-22(34)30-16-8-10-17(11-9-16)35-23(26,27)28/h1-12H,13H2,(H,29,33)(H2,30,32,34)/b31-20-. The zero-order chi connectivity index (χ0) is 25.4. The van der Waals surface area contributed by atoms with E-state index in [0.29, 0.717) is 5.56 Å². The van der Waals surface area contributed by atoms with Crippen molar-refractivity contribution in [1.29, 1.82) is 0 Å². The highest BCUT2D eigenvalue weighted by atomic mass is 35.5. The minimum Gasteiger partial charge on any atom is -0.406 e. The molecule has 0 fully saturated rings. The average Bonchev–Trinajstić information content (AvgIpc) is 2.79. The number of benzene rings is 3. The molecule has 182 valence electrons. The van der Waals surface area contributed by atoms with Gasteiger partial charge in [0.25, 0.3) is 5.91 Å². The van der Waals surface area contributed by atoms with Crippen LogP contribution in [0.3, 0.4) is 0 Å². The zero-order valence-electron chi connectivity index (χ0n) is 17.7. The number of nitrogens with zero attached hydrogens (tertiary/aromatic N) is 1. The van der Waals surface area contributed by atoms with Gasteiger partial charge in [0.1, 0.15) is 11.6 Å². The van der Waals surface area contributed by atoms with Gasteiger partial charge in [-0.1, -0.05) is 35.9 Å². The Morgan fingerprint density at radius 3 is 2.34 bits per heavy atom. The Balaban J connectivity index is 1.69. The number of carbonyl (C=O) groups excluding carboxylic acids is 2. The molecule has 3 N–H and O–H groups in total. The third-order valence-electron chi connectivity index (χ3n) is 4.33. The summed E-state index contributed by atoms with van der Waals surface area (Å²) in [7, 11) is 0. The van der Waals surface area contributed by atoms with E-state index < -0.39 is 29.9 Å². The first-order valence-corrected chi connectivity index (χ1v) is 10.3. The van der Waals surface area contributed by atoms with Crippen LogP contribution in [0, 0.1) is 5.82 Å². The molecule has 7 nitrogen and oxygen atoms in total. The smallest absolute Gasteiger partial charge is 0.406 e. The first-order valence-electron chi connectivity index (χ1n) is 9.89. The van der Waals surface area contributed by atoms with Crippen molar-refractivity contribution in [3.8, 4) is 5.75 Å². The molecule has 3 aromatic rings. The van der Waals surface area contributed by atoms with Gasteiger partial charge in [0.15, 0.2) is 0 Å². The van der Waals surface area contributed by atoms with Crippen LogP contribution in [0.25, 0.3) is 0 Å². The summed E-state index contributed by atoms with van der Waals surface area (Å²) in [4.78, 5) is 24.7. The predicted molar refractivity (Wildman–Crippen MR) is 122 cm³/mol. The molecular weight excluding hydrogens is 492 g/mol. The van der Waals surface area contributed by atoms with Gasteiger partial charge < -0.3 is 15.4 Å². The highest BCUT2D eigenvalue weighted by Crippen LogP contribution is 2.24. The summed E-state index contributed by atoms with van der Waals surface area (Å²) in [6.07, 6.45) is -4.84. The summed E-state index contributed by atoms with van der Waals surface area (Å²) in [6, 6.07) is 15.3. The van der Waals surface area contributed by atoms with Crippen LogP contribution >= 0.6 is 11.6 Å². The number of alkyl halides is 3. The molecule has 0 bridgehead atoms. The van der Waals surface area contributed by atoms with E-state index in [1.54, 1.807) is 18.2 Å². The van der Waals surface area contributed by atoms with Crippen LogP contribution in [0.1, 0.15) is 15.9 Å². The van der Waals surface area contributed by atoms with Gasteiger partial charge in [0.05, 0.1) is 22.8 Å². The number of amides is 3. The fraction of sp³-hybridized carbons (Fsp3) is 0.0870. The largest absolute Gasteiger partial charge is 0.573 e. The zero-order valence-corrected chi connectivity index (χ0v) is 18.5. The number of anilines is 1. The Labute approximate surface area is 201 Å². The molecule has 0 radical (unpaired) electrons. The van der Waals surface area contributed by atoms with Gasteiger partial charge in [-0.15, -0.1) is 13.2 Å². The number of nitrogens with one attached hydrogen (secondary N) is 3. The van der Waals surface area contributed by atoms with Gasteiger partial charge in [-0.2, -0.15) is 5.10 Å². The maximum Gasteiger partial charge on any atom is 0.573 e. The predicted octanol–water partition coefficient (Wildman–Crippen LogP) is 5.33. The van der Waals surface area contributed by atoms with E-state index >= 15 is 0 Å². The van der Waals surface area contributed by atoms with Crippen LogP contribution in [0.2, 0.25) is 5.02 Å². The van der Waals surface area contributed by atoms with E-state index in [-0.39, 0.29) is 28.5 Å². The Morgan fingerprint density at radius 1 is 0.971 bits per heavy atom. The first-order chi connectivity index (χ1) is 16.6. The second-order valence-electron chi connectivity index (χ2n) is 6.87. The Kier molecular flexibility index (Phi) is 8.26. The van der Waals surface area contributed by atoms with Crippen molar-refractivity contribution >= 4 is 34.9 Å². The van der Waals surface area contributed by atoms with E-state index in [2.05, 4.69) is 25.9 Å². The van der Waals surface area contributed by atoms with Crippen LogP contribution in [0.4, 0.5) is 28.0 Å². The fourth-order valence-electron chi connectivity index (χ4n) is 2.80. The molecule has 0 heterocycles. The summed E-state index contributed by atoms with van der Waals surface area (Å²) in [5.74, 6) is -1.52. The monoisotopic (exact) mass is 508 g/mol. The van der Waals surface area contributed by atoms with Crippen molar-refractivity contribution in [1.82, 2.24) is 10.7 Å². The molecule has 35 heavy (non-hydrogen) atoms. The van der Waals surface area contributed by atoms with Gasteiger partial charge in [-0.3, -0.25) is 4.79 Å². The molecule has 0 spiro atoms. The van der Waals surface area contributed by atoms with E-state index in [4.69, 9.17) is 11.6 Å². The van der Waals surface area contributed by atoms with Gasteiger partial charge >= 0.3 is 12.4 Å². The molecule has 0 aliphatic carbocycles. The minimum atomic E-state index is -4.84. The number of carbonyl (C=O) groups is 2. The summed E-state index contributed by atoms with van der Waals surface area (Å²) < 4.78 is 54.2. The lowest BCUT2D eigenvalue weighted by Crippen LogP contribution is -2.33. The summed E-state index contributed by atoms with van der Waals surface area (Å²) in [5.41, 5.74) is 2.99. The molecule has 0 aliphatic rings. The lowest BCUT2D eigenvalue weighted by atomic mass is 10.1. The molecular formula is C23H17ClF4N4O3. The van der Waals surface area contributed by atoms with Crippen LogP contribution in [0.15, 0.2) is 77.9 Å². The number of hydrogen-bond acceptors (Lipinski definition) is 4. The van der Waals surface area contributed by atoms with Crippen LogP contribution in [-0.4, -0.2) is 30.6 Å². The number of ether oxygens (including phenoxy) is 1. The van der Waals surface area contributed by atoms with Gasteiger partial charge in [0, 0.05) is 11.3 Å². The summed E-state index contributed by atoms with van der Waals surface area (Å²) in [5, 5.41) is 9.16. The van der Waals surface area contributed by atoms with Crippen molar-refractivity contribution in [2.45, 2.75) is 6.36 Å². The van der Waals surface area contributed by atoms with E-state index in [0.717, 1.165) is 12.1 Å². The van der Waals surface area contributed by atoms with Crippen LogP contribution in [-0.2, 0) is 0 Å². The number of rotatable bonds is 7. The van der Waals surface area contributed by atoms with Gasteiger partial charge in [-0.25, -0.2) is 14.6 Å². The Bertz CT molecular complexity index is 1230. The quantitative estimate of drug-likeness (QED) is 0.229. The molecule has 0 unspecified atom stereocenters. The van der Waals surface area contributed by atoms with Gasteiger partial charge in [0.2, 0.25) is 0 Å². The number of halogens is 5. The topological polar surface area (TPSA) is 91.8 Å². The third kappa shape index (κ3) is 8.00. The molecule has 0 atom stereocenters. The summed E-state index contributed by atoms with van der Waals surface area (Å²) >= 11 is 6.02. The van der Waals surface area contributed by atoms with Crippen LogP contribution < -0.4 is 20.8 Å². The van der Waals surface area contributed by atoms with Crippen LogP contribution in [0.5, 0.6) is 5.75 Å².